The van der Waals surface area contributed by atoms with Crippen LogP contribution in [0.4, 0.5) is 11.4 Å². The molecule has 1 amide bonds. The van der Waals surface area contributed by atoms with Crippen LogP contribution in [0.25, 0.3) is 0 Å². The highest BCUT2D eigenvalue weighted by Gasteiger charge is 2.29. The second-order valence-electron chi connectivity index (χ2n) is 4.55. The monoisotopic (exact) mass is 283 g/mol. The van der Waals surface area contributed by atoms with Gasteiger partial charge in [-0.25, -0.2) is 0 Å². The second-order valence-corrected chi connectivity index (χ2v) is 4.96. The number of anilines is 1. The zero-order chi connectivity index (χ0) is 14.0. The standard InChI is InChI=1S/C12H14ClN3O3/c1-7-9(4-5-14-7)12(17)15-8-2-3-10(13)11(6-8)16(18)19/h2-3,6-7,9,14H,4-5H2,1H3,(H,15,17). The van der Waals surface area contributed by atoms with Crippen LogP contribution in [0, 0.1) is 16.0 Å². The predicted molar refractivity (Wildman–Crippen MR) is 72.3 cm³/mol. The molecule has 0 spiro atoms. The average Bonchev–Trinajstić information content (AvgIpc) is 2.77. The van der Waals surface area contributed by atoms with Crippen LogP contribution in [0.15, 0.2) is 18.2 Å². The van der Waals surface area contributed by atoms with E-state index in [2.05, 4.69) is 10.6 Å². The lowest BCUT2D eigenvalue weighted by Gasteiger charge is -2.14. The minimum absolute atomic E-state index is 0.0545. The summed E-state index contributed by atoms with van der Waals surface area (Å²) in [6, 6.07) is 4.35. The Labute approximate surface area is 115 Å². The number of carbonyl (C=O) groups is 1. The molecule has 2 unspecified atom stereocenters. The number of rotatable bonds is 3. The number of hydrogen-bond acceptors (Lipinski definition) is 4. The first-order valence-electron chi connectivity index (χ1n) is 5.97. The Balaban J connectivity index is 2.13. The molecule has 1 fully saturated rings. The topological polar surface area (TPSA) is 84.3 Å². The number of nitro groups is 1. The fraction of sp³-hybridized carbons (Fsp3) is 0.417. The van der Waals surface area contributed by atoms with Crippen LogP contribution in [0.2, 0.25) is 5.02 Å². The van der Waals surface area contributed by atoms with Crippen molar-refractivity contribution < 1.29 is 9.72 Å². The molecule has 7 heteroatoms. The molecule has 1 aliphatic heterocycles. The summed E-state index contributed by atoms with van der Waals surface area (Å²) in [5, 5.41) is 16.7. The van der Waals surface area contributed by atoms with Crippen molar-refractivity contribution in [2.45, 2.75) is 19.4 Å². The molecule has 6 nitrogen and oxygen atoms in total. The molecule has 1 heterocycles. The van der Waals surface area contributed by atoms with E-state index in [0.29, 0.717) is 5.69 Å². The lowest BCUT2D eigenvalue weighted by atomic mass is 10.0. The number of carbonyl (C=O) groups excluding carboxylic acids is 1. The fourth-order valence-electron chi connectivity index (χ4n) is 2.18. The molecule has 2 rings (SSSR count). The van der Waals surface area contributed by atoms with Gasteiger partial charge in [0.1, 0.15) is 5.02 Å². The lowest BCUT2D eigenvalue weighted by Crippen LogP contribution is -2.32. The van der Waals surface area contributed by atoms with Crippen molar-refractivity contribution in [1.82, 2.24) is 5.32 Å². The van der Waals surface area contributed by atoms with Crippen molar-refractivity contribution in [2.24, 2.45) is 5.92 Å². The smallest absolute Gasteiger partial charge is 0.289 e. The van der Waals surface area contributed by atoms with Crippen molar-refractivity contribution >= 4 is 28.9 Å². The molecule has 0 aromatic heterocycles. The molecule has 0 saturated carbocycles. The van der Waals surface area contributed by atoms with Crippen molar-refractivity contribution in [3.63, 3.8) is 0 Å². The van der Waals surface area contributed by atoms with Gasteiger partial charge in [-0.15, -0.1) is 0 Å². The molecule has 1 aromatic carbocycles. The maximum Gasteiger partial charge on any atom is 0.289 e. The van der Waals surface area contributed by atoms with E-state index in [-0.39, 0.29) is 28.6 Å². The van der Waals surface area contributed by atoms with Gasteiger partial charge < -0.3 is 10.6 Å². The van der Waals surface area contributed by atoms with Gasteiger partial charge in [0.2, 0.25) is 5.91 Å². The number of hydrogen-bond donors (Lipinski definition) is 2. The third-order valence-corrected chi connectivity index (χ3v) is 3.59. The average molecular weight is 284 g/mol. The van der Waals surface area contributed by atoms with Gasteiger partial charge >= 0.3 is 0 Å². The summed E-state index contributed by atoms with van der Waals surface area (Å²) in [7, 11) is 0. The van der Waals surface area contributed by atoms with E-state index in [1.807, 2.05) is 6.92 Å². The first-order valence-corrected chi connectivity index (χ1v) is 6.35. The maximum absolute atomic E-state index is 12.0. The summed E-state index contributed by atoms with van der Waals surface area (Å²) in [5.74, 6) is -0.246. The predicted octanol–water partition coefficient (Wildman–Crippen LogP) is 2.18. The normalized spacial score (nSPS) is 22.2. The van der Waals surface area contributed by atoms with Gasteiger partial charge in [0.25, 0.3) is 5.69 Å². The van der Waals surface area contributed by atoms with E-state index in [4.69, 9.17) is 11.6 Å². The Morgan fingerprint density at radius 3 is 2.89 bits per heavy atom. The number of nitro benzene ring substituents is 1. The highest BCUT2D eigenvalue weighted by Crippen LogP contribution is 2.28. The van der Waals surface area contributed by atoms with Crippen LogP contribution in [-0.4, -0.2) is 23.4 Å². The van der Waals surface area contributed by atoms with Crippen molar-refractivity contribution in [3.8, 4) is 0 Å². The third-order valence-electron chi connectivity index (χ3n) is 3.27. The van der Waals surface area contributed by atoms with Gasteiger partial charge in [-0.1, -0.05) is 11.6 Å². The molecular weight excluding hydrogens is 270 g/mol. The van der Waals surface area contributed by atoms with E-state index in [0.717, 1.165) is 13.0 Å². The van der Waals surface area contributed by atoms with E-state index < -0.39 is 4.92 Å². The van der Waals surface area contributed by atoms with Gasteiger partial charge in [0.05, 0.1) is 10.8 Å². The van der Waals surface area contributed by atoms with Crippen molar-refractivity contribution in [2.75, 3.05) is 11.9 Å². The second kappa shape index (κ2) is 5.54. The van der Waals surface area contributed by atoms with Crippen LogP contribution in [0.5, 0.6) is 0 Å². The van der Waals surface area contributed by atoms with Gasteiger partial charge in [-0.2, -0.15) is 0 Å². The molecular formula is C12H14ClN3O3. The Morgan fingerprint density at radius 2 is 2.32 bits per heavy atom. The summed E-state index contributed by atoms with van der Waals surface area (Å²) >= 11 is 5.71. The highest BCUT2D eigenvalue weighted by molar-refractivity contribution is 6.32. The van der Waals surface area contributed by atoms with E-state index in [9.17, 15) is 14.9 Å². The molecule has 1 aromatic rings. The van der Waals surface area contributed by atoms with Gasteiger partial charge in [-0.05, 0) is 32.0 Å². The summed E-state index contributed by atoms with van der Waals surface area (Å²) in [6.07, 6.45) is 0.767. The van der Waals surface area contributed by atoms with Crippen molar-refractivity contribution in [3.05, 3.63) is 33.3 Å². The quantitative estimate of drug-likeness (QED) is 0.658. The van der Waals surface area contributed by atoms with Gasteiger partial charge in [0.15, 0.2) is 0 Å². The number of halogens is 1. The Bertz CT molecular complexity index is 521. The molecule has 1 saturated heterocycles. The van der Waals surface area contributed by atoms with Crippen LogP contribution < -0.4 is 10.6 Å². The molecule has 1 aliphatic rings. The maximum atomic E-state index is 12.0. The first kappa shape index (κ1) is 13.8. The zero-order valence-corrected chi connectivity index (χ0v) is 11.1. The number of nitrogens with one attached hydrogen (secondary N) is 2. The lowest BCUT2D eigenvalue weighted by molar-refractivity contribution is -0.384. The van der Waals surface area contributed by atoms with Gasteiger partial charge in [-0.3, -0.25) is 14.9 Å². The Morgan fingerprint density at radius 1 is 1.58 bits per heavy atom. The van der Waals surface area contributed by atoms with Crippen LogP contribution in [-0.2, 0) is 4.79 Å². The number of nitrogens with zero attached hydrogens (tertiary/aromatic N) is 1. The molecule has 0 bridgehead atoms. The largest absolute Gasteiger partial charge is 0.326 e. The van der Waals surface area contributed by atoms with E-state index >= 15 is 0 Å². The zero-order valence-electron chi connectivity index (χ0n) is 10.4. The molecule has 2 N–H and O–H groups in total. The summed E-state index contributed by atoms with van der Waals surface area (Å²) < 4.78 is 0. The van der Waals surface area contributed by atoms with Crippen LogP contribution in [0.3, 0.4) is 0 Å². The minimum atomic E-state index is -0.572. The Kier molecular flexibility index (Phi) is 4.01. The van der Waals surface area contributed by atoms with Crippen LogP contribution >= 0.6 is 11.6 Å². The number of amides is 1. The number of benzene rings is 1. The van der Waals surface area contributed by atoms with E-state index in [1.54, 1.807) is 6.07 Å². The molecule has 0 radical (unpaired) electrons. The fourth-order valence-corrected chi connectivity index (χ4v) is 2.37. The SMILES string of the molecule is CC1NCCC1C(=O)Nc1ccc(Cl)c([N+](=O)[O-])c1. The van der Waals surface area contributed by atoms with E-state index in [1.165, 1.54) is 12.1 Å². The molecule has 0 aliphatic carbocycles. The molecule has 19 heavy (non-hydrogen) atoms. The first-order chi connectivity index (χ1) is 8.99. The minimum Gasteiger partial charge on any atom is -0.326 e. The van der Waals surface area contributed by atoms with Crippen LogP contribution in [0.1, 0.15) is 13.3 Å². The summed E-state index contributed by atoms with van der Waals surface area (Å²) in [6.45, 7) is 2.75. The molecule has 2 atom stereocenters. The highest BCUT2D eigenvalue weighted by atomic mass is 35.5. The van der Waals surface area contributed by atoms with Gasteiger partial charge in [0, 0.05) is 17.8 Å². The third kappa shape index (κ3) is 3.02. The van der Waals surface area contributed by atoms with Crippen molar-refractivity contribution in [1.29, 1.82) is 0 Å². The Hall–Kier alpha value is -1.66. The summed E-state index contributed by atoms with van der Waals surface area (Å²) in [4.78, 5) is 22.2. The molecule has 102 valence electrons. The summed E-state index contributed by atoms with van der Waals surface area (Å²) in [5.41, 5.74) is 0.178.